The predicted octanol–water partition coefficient (Wildman–Crippen LogP) is 2.13. The molecule has 1 fully saturated rings. The molecule has 1 aliphatic rings. The normalized spacial score (nSPS) is 14.2. The van der Waals surface area contributed by atoms with Crippen molar-refractivity contribution in [2.45, 2.75) is 6.92 Å². The van der Waals surface area contributed by atoms with Gasteiger partial charge in [-0.15, -0.1) is 0 Å². The third-order valence-electron chi connectivity index (χ3n) is 4.25. The van der Waals surface area contributed by atoms with Gasteiger partial charge in [-0.1, -0.05) is 17.7 Å². The van der Waals surface area contributed by atoms with Gasteiger partial charge in [0.1, 0.15) is 12.4 Å². The third-order valence-corrected chi connectivity index (χ3v) is 4.25. The van der Waals surface area contributed by atoms with Crippen molar-refractivity contribution in [3.05, 3.63) is 54.0 Å². The van der Waals surface area contributed by atoms with E-state index < -0.39 is 0 Å². The molecule has 3 rings (SSSR count). The molecule has 0 aliphatic carbocycles. The van der Waals surface area contributed by atoms with Gasteiger partial charge in [-0.05, 0) is 31.2 Å². The first-order chi connectivity index (χ1) is 12.6. The van der Waals surface area contributed by atoms with E-state index in [2.05, 4.69) is 5.32 Å². The van der Waals surface area contributed by atoms with E-state index in [9.17, 15) is 9.59 Å². The largest absolute Gasteiger partial charge is 0.492 e. The Balaban J connectivity index is 1.36. The Kier molecular flexibility index (Phi) is 5.78. The predicted molar refractivity (Wildman–Crippen MR) is 96.3 cm³/mol. The molecular formula is C19H23N3O4. The third kappa shape index (κ3) is 4.56. The second-order valence-electron chi connectivity index (χ2n) is 6.15. The topological polar surface area (TPSA) is 75.0 Å². The second kappa shape index (κ2) is 8.42. The second-order valence-corrected chi connectivity index (χ2v) is 6.15. The van der Waals surface area contributed by atoms with Crippen molar-refractivity contribution in [2.75, 3.05) is 39.3 Å². The van der Waals surface area contributed by atoms with Crippen LogP contribution in [0.5, 0.6) is 5.75 Å². The lowest BCUT2D eigenvalue weighted by Gasteiger charge is -2.34. The number of furan rings is 1. The molecule has 1 aromatic carbocycles. The number of carbonyl (C=O) groups excluding carboxylic acids is 2. The van der Waals surface area contributed by atoms with Gasteiger partial charge in [0.15, 0.2) is 5.76 Å². The van der Waals surface area contributed by atoms with Gasteiger partial charge in [-0.25, -0.2) is 4.79 Å². The minimum absolute atomic E-state index is 0.136. The van der Waals surface area contributed by atoms with E-state index in [1.165, 1.54) is 11.8 Å². The van der Waals surface area contributed by atoms with Crippen LogP contribution in [-0.4, -0.2) is 61.1 Å². The monoisotopic (exact) mass is 357 g/mol. The van der Waals surface area contributed by atoms with Gasteiger partial charge in [0.25, 0.3) is 5.91 Å². The van der Waals surface area contributed by atoms with Crippen molar-refractivity contribution >= 4 is 11.9 Å². The van der Waals surface area contributed by atoms with Crippen LogP contribution in [0.15, 0.2) is 47.1 Å². The zero-order valence-corrected chi connectivity index (χ0v) is 14.8. The summed E-state index contributed by atoms with van der Waals surface area (Å²) in [6.45, 7) is 4.84. The Bertz CT molecular complexity index is 720. The molecule has 0 bridgehead atoms. The number of ether oxygens (including phenoxy) is 1. The quantitative estimate of drug-likeness (QED) is 0.832. The first-order valence-corrected chi connectivity index (χ1v) is 8.68. The van der Waals surface area contributed by atoms with Crippen LogP contribution >= 0.6 is 0 Å². The molecule has 0 radical (unpaired) electrons. The van der Waals surface area contributed by atoms with E-state index in [4.69, 9.17) is 9.15 Å². The highest BCUT2D eigenvalue weighted by atomic mass is 16.5. The van der Waals surface area contributed by atoms with E-state index in [0.717, 1.165) is 5.75 Å². The number of aryl methyl sites for hydroxylation is 1. The summed E-state index contributed by atoms with van der Waals surface area (Å²) >= 11 is 0. The van der Waals surface area contributed by atoms with Crippen molar-refractivity contribution < 1.29 is 18.7 Å². The van der Waals surface area contributed by atoms with Crippen LogP contribution in [0.1, 0.15) is 16.1 Å². The summed E-state index contributed by atoms with van der Waals surface area (Å²) in [5.41, 5.74) is 1.18. The summed E-state index contributed by atoms with van der Waals surface area (Å²) < 4.78 is 10.7. The molecule has 2 heterocycles. The maximum atomic E-state index is 12.2. The number of rotatable bonds is 5. The highest BCUT2D eigenvalue weighted by Crippen LogP contribution is 2.11. The van der Waals surface area contributed by atoms with Gasteiger partial charge >= 0.3 is 6.03 Å². The maximum Gasteiger partial charge on any atom is 0.317 e. The smallest absolute Gasteiger partial charge is 0.317 e. The van der Waals surface area contributed by atoms with E-state index in [1.54, 1.807) is 21.9 Å². The summed E-state index contributed by atoms with van der Waals surface area (Å²) in [7, 11) is 0. The Morgan fingerprint density at radius 2 is 1.77 bits per heavy atom. The Hall–Kier alpha value is -2.96. The van der Waals surface area contributed by atoms with Crippen LogP contribution in [0.3, 0.4) is 0 Å². The van der Waals surface area contributed by atoms with Crippen LogP contribution < -0.4 is 10.1 Å². The minimum Gasteiger partial charge on any atom is -0.492 e. The molecule has 1 saturated heterocycles. The van der Waals surface area contributed by atoms with Crippen LogP contribution in [-0.2, 0) is 0 Å². The van der Waals surface area contributed by atoms with E-state index >= 15 is 0 Å². The highest BCUT2D eigenvalue weighted by molar-refractivity contribution is 5.91. The standard InChI is InChI=1S/C19H23N3O4/c1-15-4-6-16(7-5-15)25-14-8-20-19(24)22-11-9-21(10-12-22)18(23)17-3-2-13-26-17/h2-7,13H,8-12,14H2,1H3,(H,20,24). The number of amides is 3. The van der Waals surface area contributed by atoms with Gasteiger partial charge in [0.05, 0.1) is 12.8 Å². The number of piperazine rings is 1. The average molecular weight is 357 g/mol. The first kappa shape index (κ1) is 17.8. The SMILES string of the molecule is Cc1ccc(OCCNC(=O)N2CCN(C(=O)c3ccco3)CC2)cc1. The van der Waals surface area contributed by atoms with Crippen molar-refractivity contribution in [2.24, 2.45) is 0 Å². The Morgan fingerprint density at radius 3 is 2.42 bits per heavy atom. The molecule has 2 aromatic rings. The van der Waals surface area contributed by atoms with E-state index in [1.807, 2.05) is 31.2 Å². The molecule has 0 unspecified atom stereocenters. The number of nitrogens with one attached hydrogen (secondary N) is 1. The molecule has 0 atom stereocenters. The molecule has 1 aliphatic heterocycles. The number of hydrogen-bond acceptors (Lipinski definition) is 4. The lowest BCUT2D eigenvalue weighted by Crippen LogP contribution is -2.53. The number of carbonyl (C=O) groups is 2. The van der Waals surface area contributed by atoms with Gasteiger partial charge < -0.3 is 24.3 Å². The Morgan fingerprint density at radius 1 is 1.08 bits per heavy atom. The molecule has 3 amide bonds. The fraction of sp³-hybridized carbons (Fsp3) is 0.368. The van der Waals surface area contributed by atoms with Gasteiger partial charge in [0.2, 0.25) is 0 Å². The molecule has 7 nitrogen and oxygen atoms in total. The molecule has 7 heteroatoms. The molecule has 1 N–H and O–H groups in total. The lowest BCUT2D eigenvalue weighted by molar-refractivity contribution is 0.0634. The van der Waals surface area contributed by atoms with Crippen molar-refractivity contribution in [3.63, 3.8) is 0 Å². The van der Waals surface area contributed by atoms with Gasteiger partial charge in [0, 0.05) is 26.2 Å². The molecule has 26 heavy (non-hydrogen) atoms. The number of nitrogens with zero attached hydrogens (tertiary/aromatic N) is 2. The molecule has 1 aromatic heterocycles. The summed E-state index contributed by atoms with van der Waals surface area (Å²) in [5.74, 6) is 0.979. The maximum absolute atomic E-state index is 12.2. The van der Waals surface area contributed by atoms with Crippen molar-refractivity contribution in [3.8, 4) is 5.75 Å². The van der Waals surface area contributed by atoms with Crippen LogP contribution in [0, 0.1) is 6.92 Å². The van der Waals surface area contributed by atoms with E-state index in [-0.39, 0.29) is 11.9 Å². The number of urea groups is 1. The molecular weight excluding hydrogens is 334 g/mol. The summed E-state index contributed by atoms with van der Waals surface area (Å²) in [5, 5.41) is 2.85. The van der Waals surface area contributed by atoms with E-state index in [0.29, 0.717) is 45.1 Å². The summed E-state index contributed by atoms with van der Waals surface area (Å²) in [6, 6.07) is 11.0. The fourth-order valence-electron chi connectivity index (χ4n) is 2.74. The van der Waals surface area contributed by atoms with Gasteiger partial charge in [-0.3, -0.25) is 4.79 Å². The zero-order chi connectivity index (χ0) is 18.4. The lowest BCUT2D eigenvalue weighted by atomic mass is 10.2. The summed E-state index contributed by atoms with van der Waals surface area (Å²) in [4.78, 5) is 27.8. The van der Waals surface area contributed by atoms with Crippen molar-refractivity contribution in [1.82, 2.24) is 15.1 Å². The minimum atomic E-state index is -0.137. The van der Waals surface area contributed by atoms with Crippen LogP contribution in [0.2, 0.25) is 0 Å². The van der Waals surface area contributed by atoms with Gasteiger partial charge in [-0.2, -0.15) is 0 Å². The van der Waals surface area contributed by atoms with Crippen molar-refractivity contribution in [1.29, 1.82) is 0 Å². The zero-order valence-electron chi connectivity index (χ0n) is 14.8. The number of benzene rings is 1. The highest BCUT2D eigenvalue weighted by Gasteiger charge is 2.25. The first-order valence-electron chi connectivity index (χ1n) is 8.68. The summed E-state index contributed by atoms with van der Waals surface area (Å²) in [6.07, 6.45) is 1.48. The Labute approximate surface area is 152 Å². The fourth-order valence-corrected chi connectivity index (χ4v) is 2.74. The number of hydrogen-bond donors (Lipinski definition) is 1. The molecule has 138 valence electrons. The average Bonchev–Trinajstić information content (AvgIpc) is 3.21. The van der Waals surface area contributed by atoms with Crippen LogP contribution in [0.25, 0.3) is 0 Å². The van der Waals surface area contributed by atoms with Crippen LogP contribution in [0.4, 0.5) is 4.79 Å². The molecule has 0 spiro atoms. The molecule has 0 saturated carbocycles.